The van der Waals surface area contributed by atoms with Gasteiger partial charge < -0.3 is 5.32 Å². The lowest BCUT2D eigenvalue weighted by Crippen LogP contribution is -2.34. The lowest BCUT2D eigenvalue weighted by Gasteiger charge is -2.26. The first-order chi connectivity index (χ1) is 8.50. The molecule has 1 aliphatic rings. The van der Waals surface area contributed by atoms with Crippen LogP contribution < -0.4 is 5.32 Å². The first-order valence-electron chi connectivity index (χ1n) is 6.64. The van der Waals surface area contributed by atoms with Gasteiger partial charge >= 0.3 is 0 Å². The van der Waals surface area contributed by atoms with Gasteiger partial charge in [0.05, 0.1) is 0 Å². The maximum atomic E-state index is 13.5. The van der Waals surface area contributed by atoms with Crippen molar-refractivity contribution in [2.75, 3.05) is 12.3 Å². The zero-order valence-electron chi connectivity index (χ0n) is 11.4. The van der Waals surface area contributed by atoms with Gasteiger partial charge in [0.15, 0.2) is 0 Å². The van der Waals surface area contributed by atoms with E-state index < -0.39 is 0 Å². The first-order valence-corrected chi connectivity index (χ1v) is 7.62. The van der Waals surface area contributed by atoms with Crippen molar-refractivity contribution in [3.63, 3.8) is 0 Å². The SMILES string of the molecule is Cc1ccc(C(C)NCC2(C)CCCS2)cc1F. The molecule has 0 saturated carbocycles. The summed E-state index contributed by atoms with van der Waals surface area (Å²) < 4.78 is 13.9. The molecule has 1 fully saturated rings. The van der Waals surface area contributed by atoms with Crippen molar-refractivity contribution in [1.29, 1.82) is 0 Å². The van der Waals surface area contributed by atoms with E-state index >= 15 is 0 Å². The molecule has 1 heterocycles. The van der Waals surface area contributed by atoms with Crippen LogP contribution in [0.25, 0.3) is 0 Å². The topological polar surface area (TPSA) is 12.0 Å². The molecule has 1 aliphatic heterocycles. The minimum atomic E-state index is -0.109. The van der Waals surface area contributed by atoms with Crippen molar-refractivity contribution in [2.45, 2.75) is 44.4 Å². The van der Waals surface area contributed by atoms with Crippen molar-refractivity contribution in [3.8, 4) is 0 Å². The molecular weight excluding hydrogens is 245 g/mol. The number of rotatable bonds is 4. The Morgan fingerprint density at radius 1 is 1.50 bits per heavy atom. The second-order valence-electron chi connectivity index (χ2n) is 5.51. The number of hydrogen-bond acceptors (Lipinski definition) is 2. The zero-order chi connectivity index (χ0) is 13.2. The highest BCUT2D eigenvalue weighted by Gasteiger charge is 2.29. The number of hydrogen-bond donors (Lipinski definition) is 1. The molecular formula is C15H22FNS. The van der Waals surface area contributed by atoms with Crippen LogP contribution in [-0.4, -0.2) is 17.0 Å². The first kappa shape index (κ1) is 13.9. The van der Waals surface area contributed by atoms with Gasteiger partial charge in [0, 0.05) is 17.3 Å². The van der Waals surface area contributed by atoms with Crippen molar-refractivity contribution >= 4 is 11.8 Å². The molecule has 0 aromatic heterocycles. The van der Waals surface area contributed by atoms with Crippen LogP contribution >= 0.6 is 11.8 Å². The van der Waals surface area contributed by atoms with Gasteiger partial charge in [-0.3, -0.25) is 0 Å². The quantitative estimate of drug-likeness (QED) is 0.882. The van der Waals surface area contributed by atoms with Crippen molar-refractivity contribution in [3.05, 3.63) is 35.1 Å². The van der Waals surface area contributed by atoms with E-state index in [-0.39, 0.29) is 11.9 Å². The monoisotopic (exact) mass is 267 g/mol. The number of halogens is 1. The number of aryl methyl sites for hydroxylation is 1. The Kier molecular flexibility index (Phi) is 4.33. The zero-order valence-corrected chi connectivity index (χ0v) is 12.2. The van der Waals surface area contributed by atoms with E-state index in [2.05, 4.69) is 30.9 Å². The van der Waals surface area contributed by atoms with Gasteiger partial charge in [0.2, 0.25) is 0 Å². The van der Waals surface area contributed by atoms with E-state index in [1.165, 1.54) is 18.6 Å². The maximum absolute atomic E-state index is 13.5. The highest BCUT2D eigenvalue weighted by Crippen LogP contribution is 2.37. The third-order valence-electron chi connectivity index (χ3n) is 3.78. The van der Waals surface area contributed by atoms with Gasteiger partial charge in [-0.25, -0.2) is 4.39 Å². The van der Waals surface area contributed by atoms with Gasteiger partial charge in [-0.05, 0) is 56.6 Å². The lowest BCUT2D eigenvalue weighted by molar-refractivity contribution is 0.488. The number of benzene rings is 1. The molecule has 2 rings (SSSR count). The molecule has 18 heavy (non-hydrogen) atoms. The average Bonchev–Trinajstić information content (AvgIpc) is 2.77. The van der Waals surface area contributed by atoms with E-state index in [0.29, 0.717) is 10.3 Å². The van der Waals surface area contributed by atoms with E-state index in [9.17, 15) is 4.39 Å². The summed E-state index contributed by atoms with van der Waals surface area (Å²) in [5.41, 5.74) is 1.74. The highest BCUT2D eigenvalue weighted by atomic mass is 32.2. The van der Waals surface area contributed by atoms with Crippen LogP contribution in [-0.2, 0) is 0 Å². The summed E-state index contributed by atoms with van der Waals surface area (Å²) in [6.45, 7) is 7.22. The Hall–Kier alpha value is -0.540. The van der Waals surface area contributed by atoms with Crippen LogP contribution in [0.5, 0.6) is 0 Å². The Morgan fingerprint density at radius 2 is 2.28 bits per heavy atom. The number of nitrogens with one attached hydrogen (secondary N) is 1. The molecule has 1 nitrogen and oxygen atoms in total. The summed E-state index contributed by atoms with van der Waals surface area (Å²) in [5.74, 6) is 1.16. The highest BCUT2D eigenvalue weighted by molar-refractivity contribution is 8.00. The van der Waals surface area contributed by atoms with E-state index in [4.69, 9.17) is 0 Å². The van der Waals surface area contributed by atoms with E-state index in [1.807, 2.05) is 12.1 Å². The summed E-state index contributed by atoms with van der Waals surface area (Å²) in [4.78, 5) is 0. The predicted octanol–water partition coefficient (Wildman–Crippen LogP) is 4.07. The van der Waals surface area contributed by atoms with Crippen molar-refractivity contribution < 1.29 is 4.39 Å². The predicted molar refractivity (Wildman–Crippen MR) is 77.7 cm³/mol. The molecule has 0 bridgehead atoms. The average molecular weight is 267 g/mol. The molecule has 1 saturated heterocycles. The second kappa shape index (κ2) is 5.62. The molecule has 0 aliphatic carbocycles. The Labute approximate surface area is 114 Å². The normalized spacial score (nSPS) is 25.3. The molecule has 1 aromatic carbocycles. The van der Waals surface area contributed by atoms with Gasteiger partial charge in [-0.15, -0.1) is 0 Å². The largest absolute Gasteiger partial charge is 0.309 e. The summed E-state index contributed by atoms with van der Waals surface area (Å²) in [6, 6.07) is 5.73. The minimum absolute atomic E-state index is 0.109. The number of thioether (sulfide) groups is 1. The summed E-state index contributed by atoms with van der Waals surface area (Å²) in [6.07, 6.45) is 2.59. The third kappa shape index (κ3) is 3.27. The molecule has 0 spiro atoms. The van der Waals surface area contributed by atoms with Crippen LogP contribution in [0, 0.1) is 12.7 Å². The molecule has 2 unspecified atom stereocenters. The standard InChI is InChI=1S/C15H22FNS/c1-11-5-6-13(9-14(11)16)12(2)17-10-15(3)7-4-8-18-15/h5-6,9,12,17H,4,7-8,10H2,1-3H3. The molecule has 100 valence electrons. The minimum Gasteiger partial charge on any atom is -0.309 e. The van der Waals surface area contributed by atoms with Crippen molar-refractivity contribution in [1.82, 2.24) is 5.32 Å². The lowest BCUT2D eigenvalue weighted by atomic mass is 10.0. The third-order valence-corrected chi connectivity index (χ3v) is 5.32. The Morgan fingerprint density at radius 3 is 2.89 bits per heavy atom. The van der Waals surface area contributed by atoms with Crippen LogP contribution in [0.2, 0.25) is 0 Å². The molecule has 1 N–H and O–H groups in total. The van der Waals surface area contributed by atoms with Crippen molar-refractivity contribution in [2.24, 2.45) is 0 Å². The van der Waals surface area contributed by atoms with E-state index in [1.54, 1.807) is 13.0 Å². The molecule has 2 atom stereocenters. The molecule has 1 aromatic rings. The van der Waals surface area contributed by atoms with Crippen LogP contribution in [0.3, 0.4) is 0 Å². The van der Waals surface area contributed by atoms with Crippen LogP contribution in [0.4, 0.5) is 4.39 Å². The maximum Gasteiger partial charge on any atom is 0.126 e. The summed E-state index contributed by atoms with van der Waals surface area (Å²) >= 11 is 2.05. The fourth-order valence-electron chi connectivity index (χ4n) is 2.34. The van der Waals surface area contributed by atoms with Gasteiger partial charge in [0.25, 0.3) is 0 Å². The fourth-order valence-corrected chi connectivity index (χ4v) is 3.60. The molecule has 0 amide bonds. The van der Waals surface area contributed by atoms with Gasteiger partial charge in [0.1, 0.15) is 5.82 Å². The van der Waals surface area contributed by atoms with Gasteiger partial charge in [-0.2, -0.15) is 11.8 Å². The Bertz CT molecular complexity index is 413. The second-order valence-corrected chi connectivity index (χ2v) is 7.20. The van der Waals surface area contributed by atoms with Crippen LogP contribution in [0.1, 0.15) is 43.9 Å². The van der Waals surface area contributed by atoms with E-state index in [0.717, 1.165) is 12.1 Å². The smallest absolute Gasteiger partial charge is 0.126 e. The molecule has 0 radical (unpaired) electrons. The fraction of sp³-hybridized carbons (Fsp3) is 0.600. The summed E-state index contributed by atoms with van der Waals surface area (Å²) in [5, 5.41) is 3.54. The van der Waals surface area contributed by atoms with Crippen LogP contribution in [0.15, 0.2) is 18.2 Å². The summed E-state index contributed by atoms with van der Waals surface area (Å²) in [7, 11) is 0. The van der Waals surface area contributed by atoms with Gasteiger partial charge in [-0.1, -0.05) is 12.1 Å². The molecule has 3 heteroatoms. The Balaban J connectivity index is 1.94.